The Morgan fingerprint density at radius 2 is 1.91 bits per heavy atom. The summed E-state index contributed by atoms with van der Waals surface area (Å²) in [4.78, 5) is 28.0. The average molecular weight is 609 g/mol. The Morgan fingerprint density at radius 1 is 1.18 bits per heavy atom. The lowest BCUT2D eigenvalue weighted by Crippen LogP contribution is -2.47. The van der Waals surface area contributed by atoms with Crippen LogP contribution in [0.3, 0.4) is 0 Å². The second-order valence-electron chi connectivity index (χ2n) is 14.1. The van der Waals surface area contributed by atoms with E-state index in [9.17, 15) is 4.79 Å². The van der Waals surface area contributed by atoms with Crippen LogP contribution in [-0.2, 0) is 26.2 Å². The van der Waals surface area contributed by atoms with Crippen LogP contribution < -0.4 is 16.4 Å². The zero-order valence-corrected chi connectivity index (χ0v) is 27.3. The van der Waals surface area contributed by atoms with Crippen LogP contribution in [0.4, 0.5) is 16.3 Å². The van der Waals surface area contributed by atoms with E-state index in [1.807, 2.05) is 30.5 Å². The summed E-state index contributed by atoms with van der Waals surface area (Å²) in [7, 11) is 2.07. The minimum absolute atomic E-state index is 0.00355. The van der Waals surface area contributed by atoms with Gasteiger partial charge in [-0.1, -0.05) is 46.8 Å². The van der Waals surface area contributed by atoms with Gasteiger partial charge in [0.2, 0.25) is 0 Å². The molecule has 4 heterocycles. The Hall–Kier alpha value is -3.32. The molecule has 0 radical (unpaired) electrons. The highest BCUT2D eigenvalue weighted by atomic mass is 16.8. The molecule has 4 N–H and O–H groups in total. The minimum atomic E-state index is -0.761. The number of nitrogen functional groups attached to an aromatic ring is 1. The number of carbonyl (C=O) groups excluding carboxylic acids is 1. The molecule has 2 saturated heterocycles. The molecule has 2 amide bonds. The van der Waals surface area contributed by atoms with Crippen molar-refractivity contribution in [3.8, 4) is 0 Å². The van der Waals surface area contributed by atoms with Gasteiger partial charge in [0, 0.05) is 18.3 Å². The Kier molecular flexibility index (Phi) is 8.92. The molecule has 240 valence electrons. The first-order chi connectivity index (χ1) is 20.7. The van der Waals surface area contributed by atoms with Crippen molar-refractivity contribution in [3.63, 3.8) is 0 Å². The van der Waals surface area contributed by atoms with Gasteiger partial charge in [-0.3, -0.25) is 0 Å². The predicted molar refractivity (Wildman–Crippen MR) is 170 cm³/mol. The van der Waals surface area contributed by atoms with Gasteiger partial charge >= 0.3 is 6.03 Å². The van der Waals surface area contributed by atoms with Crippen LogP contribution >= 0.6 is 0 Å². The predicted octanol–water partition coefficient (Wildman–Crippen LogP) is 4.16. The van der Waals surface area contributed by atoms with Gasteiger partial charge in [-0.25, -0.2) is 19.7 Å². The number of amides is 2. The number of ether oxygens (including phenoxy) is 3. The summed E-state index contributed by atoms with van der Waals surface area (Å²) in [5.74, 6) is -0.152. The molecule has 0 saturated carbocycles. The Bertz CT molecular complexity index is 1450. The van der Waals surface area contributed by atoms with Gasteiger partial charge in [-0.15, -0.1) is 0 Å². The number of fused-ring (bicyclic) bond motifs is 2. The summed E-state index contributed by atoms with van der Waals surface area (Å²) in [6.45, 7) is 16.9. The maximum absolute atomic E-state index is 12.9. The quantitative estimate of drug-likeness (QED) is 0.309. The summed E-state index contributed by atoms with van der Waals surface area (Å²) in [6, 6.07) is 7.84. The lowest BCUT2D eigenvalue weighted by atomic mass is 9.87. The Morgan fingerprint density at radius 3 is 2.59 bits per heavy atom. The number of aromatic nitrogens is 4. The number of benzene rings is 1. The van der Waals surface area contributed by atoms with Crippen LogP contribution in [0.2, 0.25) is 0 Å². The van der Waals surface area contributed by atoms with Gasteiger partial charge in [-0.05, 0) is 62.9 Å². The number of nitrogens with zero attached hydrogens (tertiary/aromatic N) is 5. The molecule has 0 aliphatic carbocycles. The molecular formula is C32H48N8O4. The zero-order valence-electron chi connectivity index (χ0n) is 27.3. The monoisotopic (exact) mass is 608 g/mol. The number of nitrogens with two attached hydrogens (primary N) is 1. The van der Waals surface area contributed by atoms with E-state index in [0.717, 1.165) is 18.7 Å². The summed E-state index contributed by atoms with van der Waals surface area (Å²) >= 11 is 0. The van der Waals surface area contributed by atoms with E-state index in [-0.39, 0.29) is 35.6 Å². The summed E-state index contributed by atoms with van der Waals surface area (Å²) in [5, 5.41) is 6.16. The SMILES string of the molecule is CC(C)[C@H](CCN(C)C[C@H]1OC[C@]2(Cn3cnc4c(N)ncnc43)OC(C)(C)O[C@H]12)NC(=O)Nc1ccc(C(C)(C)C)cc1. The third-order valence-corrected chi connectivity index (χ3v) is 8.57. The molecule has 2 aliphatic heterocycles. The van der Waals surface area contributed by atoms with E-state index in [2.05, 4.69) is 84.3 Å². The van der Waals surface area contributed by atoms with Gasteiger partial charge in [0.05, 0.1) is 25.6 Å². The number of carbonyl (C=O) groups is 1. The average Bonchev–Trinajstić information content (AvgIpc) is 3.56. The molecule has 12 nitrogen and oxygen atoms in total. The van der Waals surface area contributed by atoms with Gasteiger partial charge in [-0.2, -0.15) is 0 Å². The summed E-state index contributed by atoms with van der Waals surface area (Å²) in [6.07, 6.45) is 3.47. The van der Waals surface area contributed by atoms with Crippen molar-refractivity contribution in [1.82, 2.24) is 29.7 Å². The van der Waals surface area contributed by atoms with Crippen LogP contribution in [0.25, 0.3) is 11.2 Å². The second kappa shape index (κ2) is 12.2. The minimum Gasteiger partial charge on any atom is -0.382 e. The van der Waals surface area contributed by atoms with Gasteiger partial charge < -0.3 is 40.0 Å². The number of nitrogens with one attached hydrogen (secondary N) is 2. The molecule has 0 spiro atoms. The van der Waals surface area contributed by atoms with E-state index in [1.165, 1.54) is 11.9 Å². The normalized spacial score (nSPS) is 23.8. The van der Waals surface area contributed by atoms with Gasteiger partial charge in [0.15, 0.2) is 17.3 Å². The van der Waals surface area contributed by atoms with Crippen LogP contribution in [0.15, 0.2) is 36.9 Å². The number of hydrogen-bond donors (Lipinski definition) is 3. The van der Waals surface area contributed by atoms with Crippen molar-refractivity contribution in [1.29, 1.82) is 0 Å². The van der Waals surface area contributed by atoms with E-state index in [4.69, 9.17) is 19.9 Å². The largest absolute Gasteiger partial charge is 0.382 e. The van der Waals surface area contributed by atoms with Crippen molar-refractivity contribution in [2.45, 2.75) is 96.5 Å². The molecule has 5 rings (SSSR count). The van der Waals surface area contributed by atoms with Gasteiger partial charge in [0.25, 0.3) is 0 Å². The number of likely N-dealkylation sites (N-methyl/N-ethyl adjacent to an activating group) is 1. The third kappa shape index (κ3) is 6.98. The first-order valence-electron chi connectivity index (χ1n) is 15.4. The van der Waals surface area contributed by atoms with Crippen molar-refractivity contribution < 1.29 is 19.0 Å². The number of imidazole rings is 1. The van der Waals surface area contributed by atoms with Gasteiger partial charge in [0.1, 0.15) is 23.5 Å². The van der Waals surface area contributed by atoms with Crippen molar-refractivity contribution in [3.05, 3.63) is 42.5 Å². The molecule has 2 aliphatic rings. The van der Waals surface area contributed by atoms with E-state index in [0.29, 0.717) is 36.7 Å². The molecule has 2 aromatic heterocycles. The molecule has 0 unspecified atom stereocenters. The second-order valence-corrected chi connectivity index (χ2v) is 14.1. The number of anilines is 2. The molecular weight excluding hydrogens is 560 g/mol. The highest BCUT2D eigenvalue weighted by Gasteiger charge is 2.61. The standard InChI is InChI=1S/C32H48N8O4/c1-20(2)23(38-29(41)37-22-11-9-21(10-12-22)30(3,4)5)13-14-39(8)15-24-26-32(17-42-24,44-31(6,7)43-26)16-40-19-36-25-27(33)34-18-35-28(25)40/h9-12,18-20,23-24,26H,13-17H2,1-8H3,(H2,33,34,35)(H2,37,38,41)/t23-,24+,26+,32-/m0/s1. The maximum Gasteiger partial charge on any atom is 0.319 e. The highest BCUT2D eigenvalue weighted by Crippen LogP contribution is 2.45. The van der Waals surface area contributed by atoms with Crippen LogP contribution in [0.5, 0.6) is 0 Å². The maximum atomic E-state index is 12.9. The summed E-state index contributed by atoms with van der Waals surface area (Å²) < 4.78 is 21.2. The zero-order chi connectivity index (χ0) is 31.9. The van der Waals surface area contributed by atoms with E-state index >= 15 is 0 Å². The number of urea groups is 1. The molecule has 44 heavy (non-hydrogen) atoms. The molecule has 4 atom stereocenters. The first kappa shape index (κ1) is 32.1. The fourth-order valence-corrected chi connectivity index (χ4v) is 6.18. The number of hydrogen-bond acceptors (Lipinski definition) is 9. The molecule has 3 aromatic rings. The molecule has 1 aromatic carbocycles. The Labute approximate surface area is 260 Å². The van der Waals surface area contributed by atoms with Crippen LogP contribution in [0.1, 0.15) is 60.5 Å². The lowest BCUT2D eigenvalue weighted by Gasteiger charge is -2.29. The topological polar surface area (TPSA) is 142 Å². The van der Waals surface area contributed by atoms with Crippen molar-refractivity contribution in [2.75, 3.05) is 37.8 Å². The number of rotatable bonds is 10. The third-order valence-electron chi connectivity index (χ3n) is 8.57. The first-order valence-corrected chi connectivity index (χ1v) is 15.4. The Balaban J connectivity index is 1.17. The van der Waals surface area contributed by atoms with Crippen molar-refractivity contribution >= 4 is 28.7 Å². The summed E-state index contributed by atoms with van der Waals surface area (Å²) in [5.41, 5.74) is 8.59. The molecule has 2 fully saturated rings. The fourth-order valence-electron chi connectivity index (χ4n) is 6.18. The van der Waals surface area contributed by atoms with E-state index in [1.54, 1.807) is 6.33 Å². The fraction of sp³-hybridized carbons (Fsp3) is 0.625. The lowest BCUT2D eigenvalue weighted by molar-refractivity contribution is -0.192. The molecule has 0 bridgehead atoms. The van der Waals surface area contributed by atoms with Crippen LogP contribution in [0, 0.1) is 5.92 Å². The van der Waals surface area contributed by atoms with Crippen molar-refractivity contribution in [2.24, 2.45) is 5.92 Å². The smallest absolute Gasteiger partial charge is 0.319 e. The van der Waals surface area contributed by atoms with E-state index < -0.39 is 11.4 Å². The highest BCUT2D eigenvalue weighted by molar-refractivity contribution is 5.89. The van der Waals surface area contributed by atoms with Crippen LogP contribution in [-0.4, -0.2) is 86.8 Å². The molecule has 12 heteroatoms.